The van der Waals surface area contributed by atoms with Crippen LogP contribution in [0.4, 0.5) is 0 Å². The van der Waals surface area contributed by atoms with Gasteiger partial charge in [0.2, 0.25) is 0 Å². The molecular weight excluding hydrogens is 278 g/mol. The number of benzene rings is 1. The van der Waals surface area contributed by atoms with Crippen molar-refractivity contribution in [2.24, 2.45) is 0 Å². The standard InChI is InChI=1S/C17H19N3O2/c1-3-21-8-9-22-13-4-5-15-14(11-13)12(2)10-16(20-15)17-18-6-7-19-17/h4-7,10-11H,3,8-9H2,1-2H3,(H,18,19). The van der Waals surface area contributed by atoms with Gasteiger partial charge in [-0.2, -0.15) is 0 Å². The first-order chi connectivity index (χ1) is 10.8. The zero-order valence-electron chi connectivity index (χ0n) is 12.8. The lowest BCUT2D eigenvalue weighted by Gasteiger charge is -2.09. The van der Waals surface area contributed by atoms with Crippen LogP contribution in [0.5, 0.6) is 5.75 Å². The third-order valence-electron chi connectivity index (χ3n) is 3.43. The summed E-state index contributed by atoms with van der Waals surface area (Å²) in [4.78, 5) is 12.0. The lowest BCUT2D eigenvalue weighted by Crippen LogP contribution is -2.06. The number of aryl methyl sites for hydroxylation is 1. The molecule has 0 spiro atoms. The Labute approximate surface area is 129 Å². The summed E-state index contributed by atoms with van der Waals surface area (Å²) < 4.78 is 11.0. The summed E-state index contributed by atoms with van der Waals surface area (Å²) in [5.41, 5.74) is 2.93. The Hall–Kier alpha value is -2.40. The van der Waals surface area contributed by atoms with Crippen LogP contribution in [-0.4, -0.2) is 34.8 Å². The number of hydrogen-bond acceptors (Lipinski definition) is 4. The smallest absolute Gasteiger partial charge is 0.156 e. The molecule has 1 aromatic carbocycles. The highest BCUT2D eigenvalue weighted by Gasteiger charge is 2.07. The van der Waals surface area contributed by atoms with Crippen LogP contribution in [0.15, 0.2) is 36.7 Å². The summed E-state index contributed by atoms with van der Waals surface area (Å²) in [7, 11) is 0. The number of hydrogen-bond donors (Lipinski definition) is 1. The van der Waals surface area contributed by atoms with Crippen LogP contribution in [-0.2, 0) is 4.74 Å². The Balaban J connectivity index is 1.86. The summed E-state index contributed by atoms with van der Waals surface area (Å²) in [6.07, 6.45) is 3.53. The summed E-state index contributed by atoms with van der Waals surface area (Å²) in [6.45, 7) is 5.90. The first-order valence-corrected chi connectivity index (χ1v) is 7.39. The van der Waals surface area contributed by atoms with E-state index in [4.69, 9.17) is 9.47 Å². The van der Waals surface area contributed by atoms with Crippen molar-refractivity contribution in [3.05, 3.63) is 42.2 Å². The Morgan fingerprint density at radius 1 is 1.18 bits per heavy atom. The highest BCUT2D eigenvalue weighted by Crippen LogP contribution is 2.26. The third-order valence-corrected chi connectivity index (χ3v) is 3.43. The van der Waals surface area contributed by atoms with Gasteiger partial charge in [-0.15, -0.1) is 0 Å². The van der Waals surface area contributed by atoms with Crippen LogP contribution < -0.4 is 4.74 Å². The van der Waals surface area contributed by atoms with Gasteiger partial charge in [-0.05, 0) is 43.7 Å². The second-order valence-corrected chi connectivity index (χ2v) is 4.99. The Morgan fingerprint density at radius 3 is 2.86 bits per heavy atom. The van der Waals surface area contributed by atoms with E-state index in [0.29, 0.717) is 19.8 Å². The molecule has 5 nitrogen and oxygen atoms in total. The minimum absolute atomic E-state index is 0.552. The molecule has 3 aromatic rings. The van der Waals surface area contributed by atoms with E-state index >= 15 is 0 Å². The second-order valence-electron chi connectivity index (χ2n) is 4.99. The molecule has 0 saturated carbocycles. The molecule has 22 heavy (non-hydrogen) atoms. The van der Waals surface area contributed by atoms with Crippen molar-refractivity contribution < 1.29 is 9.47 Å². The lowest BCUT2D eigenvalue weighted by atomic mass is 10.1. The van der Waals surface area contributed by atoms with Crippen LogP contribution in [0.1, 0.15) is 12.5 Å². The Bertz CT molecular complexity index is 754. The number of nitrogens with zero attached hydrogens (tertiary/aromatic N) is 2. The van der Waals surface area contributed by atoms with Crippen molar-refractivity contribution in [1.82, 2.24) is 15.0 Å². The number of nitrogens with one attached hydrogen (secondary N) is 1. The summed E-state index contributed by atoms with van der Waals surface area (Å²) in [5, 5.41) is 1.09. The maximum Gasteiger partial charge on any atom is 0.156 e. The summed E-state index contributed by atoms with van der Waals surface area (Å²) in [5.74, 6) is 1.62. The number of rotatable bonds is 6. The molecule has 5 heteroatoms. The molecule has 2 aromatic heterocycles. The van der Waals surface area contributed by atoms with E-state index in [0.717, 1.165) is 33.7 Å². The van der Waals surface area contributed by atoms with Gasteiger partial charge in [0.15, 0.2) is 5.82 Å². The quantitative estimate of drug-likeness (QED) is 0.709. The number of pyridine rings is 1. The number of ether oxygens (including phenoxy) is 2. The topological polar surface area (TPSA) is 60.0 Å². The van der Waals surface area contributed by atoms with E-state index in [-0.39, 0.29) is 0 Å². The molecular formula is C17H19N3O2. The average Bonchev–Trinajstić information content (AvgIpc) is 3.06. The van der Waals surface area contributed by atoms with Crippen LogP contribution >= 0.6 is 0 Å². The summed E-state index contributed by atoms with van der Waals surface area (Å²) in [6, 6.07) is 7.97. The molecule has 0 aliphatic carbocycles. The van der Waals surface area contributed by atoms with Gasteiger partial charge in [-0.25, -0.2) is 9.97 Å². The largest absolute Gasteiger partial charge is 0.491 e. The molecule has 0 saturated heterocycles. The molecule has 0 aliphatic rings. The highest BCUT2D eigenvalue weighted by atomic mass is 16.5. The van der Waals surface area contributed by atoms with Gasteiger partial charge in [0.05, 0.1) is 12.1 Å². The Morgan fingerprint density at radius 2 is 2.09 bits per heavy atom. The van der Waals surface area contributed by atoms with Gasteiger partial charge in [-0.1, -0.05) is 0 Å². The number of H-pyrrole nitrogens is 1. The van der Waals surface area contributed by atoms with E-state index in [1.54, 1.807) is 12.4 Å². The maximum absolute atomic E-state index is 5.70. The van der Waals surface area contributed by atoms with E-state index in [9.17, 15) is 0 Å². The van der Waals surface area contributed by atoms with Gasteiger partial charge in [0.25, 0.3) is 0 Å². The third kappa shape index (κ3) is 3.09. The zero-order chi connectivity index (χ0) is 15.4. The fourth-order valence-corrected chi connectivity index (χ4v) is 2.35. The molecule has 0 unspecified atom stereocenters. The zero-order valence-corrected chi connectivity index (χ0v) is 12.8. The first-order valence-electron chi connectivity index (χ1n) is 7.39. The van der Waals surface area contributed by atoms with Crippen molar-refractivity contribution in [3.8, 4) is 17.3 Å². The molecule has 1 N–H and O–H groups in total. The number of aromatic amines is 1. The average molecular weight is 297 g/mol. The van der Waals surface area contributed by atoms with Crippen LogP contribution in [0.3, 0.4) is 0 Å². The SMILES string of the molecule is CCOCCOc1ccc2nc(-c3ncc[nH]3)cc(C)c2c1. The van der Waals surface area contributed by atoms with Crippen LogP contribution in [0.2, 0.25) is 0 Å². The predicted octanol–water partition coefficient (Wildman–Crippen LogP) is 3.35. The highest BCUT2D eigenvalue weighted by molar-refractivity contribution is 5.85. The van der Waals surface area contributed by atoms with E-state index < -0.39 is 0 Å². The molecule has 0 bridgehead atoms. The van der Waals surface area contributed by atoms with Gasteiger partial charge >= 0.3 is 0 Å². The lowest BCUT2D eigenvalue weighted by molar-refractivity contribution is 0.110. The van der Waals surface area contributed by atoms with Crippen molar-refractivity contribution in [2.75, 3.05) is 19.8 Å². The fourth-order valence-electron chi connectivity index (χ4n) is 2.35. The minimum Gasteiger partial charge on any atom is -0.491 e. The van der Waals surface area contributed by atoms with Crippen molar-refractivity contribution in [1.29, 1.82) is 0 Å². The van der Waals surface area contributed by atoms with Gasteiger partial charge < -0.3 is 14.5 Å². The van der Waals surface area contributed by atoms with Crippen molar-refractivity contribution >= 4 is 10.9 Å². The van der Waals surface area contributed by atoms with Gasteiger partial charge in [-0.3, -0.25) is 0 Å². The van der Waals surface area contributed by atoms with Gasteiger partial charge in [0, 0.05) is 24.4 Å². The van der Waals surface area contributed by atoms with E-state index in [1.807, 2.05) is 31.2 Å². The van der Waals surface area contributed by atoms with Crippen LogP contribution in [0.25, 0.3) is 22.4 Å². The molecule has 0 radical (unpaired) electrons. The monoisotopic (exact) mass is 297 g/mol. The molecule has 0 fully saturated rings. The number of imidazole rings is 1. The number of aromatic nitrogens is 3. The maximum atomic E-state index is 5.70. The number of fused-ring (bicyclic) bond motifs is 1. The van der Waals surface area contributed by atoms with E-state index in [1.165, 1.54) is 0 Å². The minimum atomic E-state index is 0.552. The molecule has 0 amide bonds. The molecule has 2 heterocycles. The fraction of sp³-hybridized carbons (Fsp3) is 0.294. The first kappa shape index (κ1) is 14.5. The van der Waals surface area contributed by atoms with Crippen LogP contribution in [0, 0.1) is 6.92 Å². The second kappa shape index (κ2) is 6.58. The van der Waals surface area contributed by atoms with Gasteiger partial charge in [0.1, 0.15) is 18.1 Å². The Kier molecular flexibility index (Phi) is 4.34. The van der Waals surface area contributed by atoms with Crippen molar-refractivity contribution in [3.63, 3.8) is 0 Å². The summed E-state index contributed by atoms with van der Waals surface area (Å²) >= 11 is 0. The van der Waals surface area contributed by atoms with E-state index in [2.05, 4.69) is 21.9 Å². The van der Waals surface area contributed by atoms with Crippen molar-refractivity contribution in [2.45, 2.75) is 13.8 Å². The molecule has 0 aliphatic heterocycles. The normalized spacial score (nSPS) is 11.0. The predicted molar refractivity (Wildman–Crippen MR) is 86.0 cm³/mol. The molecule has 3 rings (SSSR count). The molecule has 0 atom stereocenters. The molecule has 114 valence electrons.